The molecule has 10 heteroatoms. The number of hydrogen-bond acceptors (Lipinski definition) is 8. The van der Waals surface area contributed by atoms with Gasteiger partial charge in [-0.3, -0.25) is 14.6 Å². The smallest absolute Gasteiger partial charge is 0.215 e. The van der Waals surface area contributed by atoms with Crippen molar-refractivity contribution in [2.45, 2.75) is 65.7 Å². The summed E-state index contributed by atoms with van der Waals surface area (Å²) in [5, 5.41) is 15.4. The highest BCUT2D eigenvalue weighted by Gasteiger charge is 2.20. The molecule has 8 nitrogen and oxygen atoms in total. The number of aryl methyl sites for hydroxylation is 1. The molecule has 0 aliphatic carbocycles. The van der Waals surface area contributed by atoms with Gasteiger partial charge in [0.25, 0.3) is 0 Å². The Morgan fingerprint density at radius 2 is 1.86 bits per heavy atom. The van der Waals surface area contributed by atoms with Gasteiger partial charge in [-0.1, -0.05) is 58.7 Å². The fourth-order valence-corrected chi connectivity index (χ4v) is 5.53. The zero-order valence-electron chi connectivity index (χ0n) is 23.3. The van der Waals surface area contributed by atoms with E-state index >= 15 is 0 Å². The Balaban J connectivity index is 1.68. The molecule has 0 unspecified atom stereocenters. The Bertz CT molecular complexity index is 1340. The Kier molecular flexibility index (Phi) is 8.40. The molecule has 0 saturated heterocycles. The molecule has 0 saturated carbocycles. The summed E-state index contributed by atoms with van der Waals surface area (Å²) in [6, 6.07) is 7.22. The van der Waals surface area contributed by atoms with Crippen molar-refractivity contribution in [3.05, 3.63) is 41.3 Å². The van der Waals surface area contributed by atoms with Gasteiger partial charge in [0.05, 0.1) is 16.7 Å². The number of nitrogens with zero attached hydrogens (tertiary/aromatic N) is 7. The predicted molar refractivity (Wildman–Crippen MR) is 155 cm³/mol. The number of rotatable bonds is 11. The minimum atomic E-state index is -1.19. The van der Waals surface area contributed by atoms with Gasteiger partial charge in [0, 0.05) is 51.2 Å². The Morgan fingerprint density at radius 1 is 1.08 bits per heavy atom. The van der Waals surface area contributed by atoms with Crippen molar-refractivity contribution in [2.24, 2.45) is 13.0 Å². The average molecular weight is 538 g/mol. The molecule has 0 aliphatic heterocycles. The van der Waals surface area contributed by atoms with Crippen LogP contribution < -0.4 is 4.90 Å². The molecule has 4 aromatic heterocycles. The lowest BCUT2D eigenvalue weighted by molar-refractivity contribution is 0.153. The largest absolute Gasteiger partial charge is 0.361 e. The summed E-state index contributed by atoms with van der Waals surface area (Å²) in [6.45, 7) is 16.9. The maximum absolute atomic E-state index is 6.14. The third kappa shape index (κ3) is 7.00. The van der Waals surface area contributed by atoms with Crippen LogP contribution in [0, 0.1) is 5.92 Å². The van der Waals surface area contributed by atoms with Crippen LogP contribution in [0.15, 0.2) is 30.6 Å². The van der Waals surface area contributed by atoms with Crippen molar-refractivity contribution in [2.75, 3.05) is 18.2 Å². The molecular formula is C27H39N7OSSi. The number of anilines is 2. The molecule has 0 fully saturated rings. The van der Waals surface area contributed by atoms with Gasteiger partial charge in [-0.15, -0.1) is 10.2 Å². The van der Waals surface area contributed by atoms with Crippen LogP contribution in [0.1, 0.15) is 44.3 Å². The third-order valence-corrected chi connectivity index (χ3v) is 8.94. The van der Waals surface area contributed by atoms with Crippen molar-refractivity contribution in [3.8, 4) is 11.1 Å². The maximum atomic E-state index is 6.14. The highest BCUT2D eigenvalue weighted by molar-refractivity contribution is 7.15. The fourth-order valence-electron chi connectivity index (χ4n) is 3.93. The number of ether oxygens (including phenoxy) is 1. The molecule has 0 radical (unpaired) electrons. The molecule has 198 valence electrons. The predicted octanol–water partition coefficient (Wildman–Crippen LogP) is 6.65. The standard InChI is InChI=1S/C27H39N7OSSi/c1-18(2)13-23-21(16-33(5)32-23)20-14-24-22(28-15-20)9-10-25(29-24)34(17-35-11-12-37(6,7)8)27-31-30-26(36-27)19(3)4/h9-10,14-16,18-19H,11-13,17H2,1-8H3. The van der Waals surface area contributed by atoms with Gasteiger partial charge in [0.2, 0.25) is 5.13 Å². The van der Waals surface area contributed by atoms with Crippen LogP contribution in [0.4, 0.5) is 10.9 Å². The summed E-state index contributed by atoms with van der Waals surface area (Å²) in [4.78, 5) is 11.8. The lowest BCUT2D eigenvalue weighted by atomic mass is 10.0. The van der Waals surface area contributed by atoms with E-state index in [0.717, 1.165) is 62.9 Å². The van der Waals surface area contributed by atoms with E-state index in [-0.39, 0.29) is 0 Å². The molecule has 4 rings (SSSR count). The monoisotopic (exact) mass is 537 g/mol. The first kappa shape index (κ1) is 27.3. The average Bonchev–Trinajstić information content (AvgIpc) is 3.44. The molecule has 4 heterocycles. The third-order valence-electron chi connectivity index (χ3n) is 5.99. The van der Waals surface area contributed by atoms with Crippen LogP contribution in [0.3, 0.4) is 0 Å². The van der Waals surface area contributed by atoms with E-state index in [1.807, 2.05) is 35.0 Å². The summed E-state index contributed by atoms with van der Waals surface area (Å²) >= 11 is 1.59. The Morgan fingerprint density at radius 3 is 2.54 bits per heavy atom. The molecule has 0 amide bonds. The van der Waals surface area contributed by atoms with Crippen molar-refractivity contribution >= 4 is 41.4 Å². The SMILES string of the molecule is CC(C)Cc1nn(C)cc1-c1cnc2ccc(N(COCC[Si](C)(C)C)c3nnc(C(C)C)s3)nc2c1. The second-order valence-corrected chi connectivity index (χ2v) is 18.2. The molecule has 0 aromatic carbocycles. The normalized spacial score (nSPS) is 12.3. The van der Waals surface area contributed by atoms with Crippen LogP contribution in [0.25, 0.3) is 22.2 Å². The lowest BCUT2D eigenvalue weighted by Gasteiger charge is -2.22. The van der Waals surface area contributed by atoms with E-state index in [2.05, 4.69) is 69.8 Å². The van der Waals surface area contributed by atoms with Crippen molar-refractivity contribution in [1.29, 1.82) is 0 Å². The molecule has 4 aromatic rings. The van der Waals surface area contributed by atoms with E-state index in [4.69, 9.17) is 19.8 Å². The number of fused-ring (bicyclic) bond motifs is 1. The summed E-state index contributed by atoms with van der Waals surface area (Å²) < 4.78 is 8.02. The van der Waals surface area contributed by atoms with Gasteiger partial charge in [-0.25, -0.2) is 4.98 Å². The van der Waals surface area contributed by atoms with E-state index < -0.39 is 8.07 Å². The zero-order chi connectivity index (χ0) is 26.7. The molecule has 0 spiro atoms. The maximum Gasteiger partial charge on any atom is 0.215 e. The van der Waals surface area contributed by atoms with E-state index in [1.54, 1.807) is 11.3 Å². The van der Waals surface area contributed by atoms with Crippen molar-refractivity contribution < 1.29 is 4.74 Å². The molecular weight excluding hydrogens is 498 g/mol. The van der Waals surface area contributed by atoms with Gasteiger partial charge in [-0.05, 0) is 36.6 Å². The van der Waals surface area contributed by atoms with Crippen LogP contribution in [0.2, 0.25) is 25.7 Å². The van der Waals surface area contributed by atoms with Crippen LogP contribution in [0.5, 0.6) is 0 Å². The fraction of sp³-hybridized carbons (Fsp3) is 0.519. The summed E-state index contributed by atoms with van der Waals surface area (Å²) in [5.41, 5.74) is 4.89. The molecule has 0 atom stereocenters. The molecule has 0 N–H and O–H groups in total. The highest BCUT2D eigenvalue weighted by atomic mass is 32.1. The van der Waals surface area contributed by atoms with E-state index in [1.165, 1.54) is 0 Å². The van der Waals surface area contributed by atoms with Crippen molar-refractivity contribution in [3.63, 3.8) is 0 Å². The van der Waals surface area contributed by atoms with Gasteiger partial charge in [-0.2, -0.15) is 5.10 Å². The highest BCUT2D eigenvalue weighted by Crippen LogP contribution is 2.32. The zero-order valence-corrected chi connectivity index (χ0v) is 25.1. The van der Waals surface area contributed by atoms with Gasteiger partial charge >= 0.3 is 0 Å². The lowest BCUT2D eigenvalue weighted by Crippen LogP contribution is -2.26. The molecule has 0 bridgehead atoms. The number of aromatic nitrogens is 6. The topological polar surface area (TPSA) is 81.9 Å². The quantitative estimate of drug-likeness (QED) is 0.120. The van der Waals surface area contributed by atoms with Gasteiger partial charge < -0.3 is 4.74 Å². The molecule has 37 heavy (non-hydrogen) atoms. The van der Waals surface area contributed by atoms with Crippen molar-refractivity contribution in [1.82, 2.24) is 29.9 Å². The van der Waals surface area contributed by atoms with E-state index in [9.17, 15) is 0 Å². The van der Waals surface area contributed by atoms with Gasteiger partial charge in [0.1, 0.15) is 17.6 Å². The van der Waals surface area contributed by atoms with Crippen LogP contribution in [-0.2, 0) is 18.2 Å². The minimum absolute atomic E-state index is 0.316. The Hall–Kier alpha value is -2.69. The van der Waals surface area contributed by atoms with Crippen LogP contribution >= 0.6 is 11.3 Å². The second-order valence-electron chi connectivity index (χ2n) is 11.5. The summed E-state index contributed by atoms with van der Waals surface area (Å²) in [6.07, 6.45) is 4.90. The second kappa shape index (κ2) is 11.4. The number of hydrogen-bond donors (Lipinski definition) is 0. The van der Waals surface area contributed by atoms with E-state index in [0.29, 0.717) is 18.6 Å². The summed E-state index contributed by atoms with van der Waals surface area (Å²) in [5.74, 6) is 1.61. The first-order valence-corrected chi connectivity index (χ1v) is 17.5. The first-order valence-electron chi connectivity index (χ1n) is 13.0. The minimum Gasteiger partial charge on any atom is -0.361 e. The first-order chi connectivity index (χ1) is 17.5. The van der Waals surface area contributed by atoms with Crippen LogP contribution in [-0.4, -0.2) is 51.4 Å². The van der Waals surface area contributed by atoms with Gasteiger partial charge in [0.15, 0.2) is 0 Å². The summed E-state index contributed by atoms with van der Waals surface area (Å²) in [7, 11) is 0.777. The number of pyridine rings is 2. The molecule has 0 aliphatic rings. The Labute approximate surface area is 225 Å².